The molecule has 0 fully saturated rings. The number of amides is 1. The maximum Gasteiger partial charge on any atom is 0.221 e. The SMILES string of the molecule is CCOc1cc2c(c(F)c1OCC)C(=N)N(CC(=O)c1cc(NC(C)=O)cc(C(C)(C)C)c1)C2(C)C. The number of halogens is 1. The zero-order valence-corrected chi connectivity index (χ0v) is 22.4. The molecular weight excluding hydrogens is 461 g/mol. The van der Waals surface area contributed by atoms with Crippen LogP contribution in [-0.2, 0) is 15.7 Å². The highest BCUT2D eigenvalue weighted by Gasteiger charge is 2.45. The number of hydrogen-bond acceptors (Lipinski definition) is 5. The van der Waals surface area contributed by atoms with Crippen LogP contribution in [0.4, 0.5) is 10.1 Å². The molecule has 2 aromatic rings. The molecule has 8 heteroatoms. The number of rotatable bonds is 8. The molecule has 7 nitrogen and oxygen atoms in total. The van der Waals surface area contributed by atoms with E-state index in [4.69, 9.17) is 14.9 Å². The van der Waals surface area contributed by atoms with Crippen molar-refractivity contribution in [2.75, 3.05) is 25.1 Å². The first-order chi connectivity index (χ1) is 16.7. The molecule has 0 bridgehead atoms. The molecule has 1 amide bonds. The van der Waals surface area contributed by atoms with Gasteiger partial charge in [0.05, 0.1) is 30.9 Å². The minimum atomic E-state index is -0.846. The summed E-state index contributed by atoms with van der Waals surface area (Å²) in [5.74, 6) is -0.962. The lowest BCUT2D eigenvalue weighted by Crippen LogP contribution is -2.42. The second-order valence-electron chi connectivity index (χ2n) is 10.5. The van der Waals surface area contributed by atoms with Gasteiger partial charge in [-0.25, -0.2) is 4.39 Å². The van der Waals surface area contributed by atoms with E-state index >= 15 is 4.39 Å². The Morgan fingerprint density at radius 2 is 1.72 bits per heavy atom. The number of carbonyl (C=O) groups is 2. The van der Waals surface area contributed by atoms with Crippen molar-refractivity contribution in [3.8, 4) is 11.5 Å². The third kappa shape index (κ3) is 5.08. The van der Waals surface area contributed by atoms with Crippen LogP contribution >= 0.6 is 0 Å². The summed E-state index contributed by atoms with van der Waals surface area (Å²) in [5.41, 5.74) is 1.41. The van der Waals surface area contributed by atoms with Crippen LogP contribution in [0, 0.1) is 11.2 Å². The Kier molecular flexibility index (Phi) is 7.48. The lowest BCUT2D eigenvalue weighted by atomic mass is 9.85. The highest BCUT2D eigenvalue weighted by Crippen LogP contribution is 2.46. The average Bonchev–Trinajstić information content (AvgIpc) is 2.95. The molecule has 2 aromatic carbocycles. The predicted octanol–water partition coefficient (Wildman–Crippen LogP) is 5.64. The monoisotopic (exact) mass is 497 g/mol. The Balaban J connectivity index is 2.03. The lowest BCUT2D eigenvalue weighted by Gasteiger charge is -2.33. The first-order valence-corrected chi connectivity index (χ1v) is 12.2. The number of carbonyl (C=O) groups excluding carboxylic acids is 2. The highest BCUT2D eigenvalue weighted by atomic mass is 19.1. The quantitative estimate of drug-likeness (QED) is 0.461. The molecule has 194 valence electrons. The number of anilines is 1. The number of nitrogens with one attached hydrogen (secondary N) is 2. The van der Waals surface area contributed by atoms with Crippen LogP contribution in [-0.4, -0.2) is 42.2 Å². The maximum atomic E-state index is 15.6. The zero-order valence-electron chi connectivity index (χ0n) is 22.4. The van der Waals surface area contributed by atoms with Gasteiger partial charge in [-0.1, -0.05) is 20.8 Å². The molecule has 3 rings (SSSR count). The van der Waals surface area contributed by atoms with Crippen molar-refractivity contribution >= 4 is 23.2 Å². The van der Waals surface area contributed by atoms with Gasteiger partial charge < -0.3 is 19.7 Å². The molecule has 2 N–H and O–H groups in total. The van der Waals surface area contributed by atoms with Crippen LogP contribution < -0.4 is 14.8 Å². The number of benzene rings is 2. The number of ether oxygens (including phenoxy) is 2. The summed E-state index contributed by atoms with van der Waals surface area (Å²) >= 11 is 0. The smallest absolute Gasteiger partial charge is 0.221 e. The fourth-order valence-corrected chi connectivity index (χ4v) is 4.43. The first kappa shape index (κ1) is 27.2. The Morgan fingerprint density at radius 3 is 2.28 bits per heavy atom. The van der Waals surface area contributed by atoms with Crippen LogP contribution in [0.25, 0.3) is 0 Å². The average molecular weight is 498 g/mol. The number of nitrogens with zero attached hydrogens (tertiary/aromatic N) is 1. The van der Waals surface area contributed by atoms with E-state index in [1.807, 2.05) is 46.8 Å². The molecule has 0 spiro atoms. The highest BCUT2D eigenvalue weighted by molar-refractivity contribution is 6.07. The minimum absolute atomic E-state index is 0.0235. The summed E-state index contributed by atoms with van der Waals surface area (Å²) in [4.78, 5) is 26.8. The van der Waals surface area contributed by atoms with Gasteiger partial charge >= 0.3 is 0 Å². The minimum Gasteiger partial charge on any atom is -0.490 e. The van der Waals surface area contributed by atoms with E-state index in [0.29, 0.717) is 23.4 Å². The fourth-order valence-electron chi connectivity index (χ4n) is 4.43. The maximum absolute atomic E-state index is 15.6. The topological polar surface area (TPSA) is 91.7 Å². The molecule has 0 aromatic heterocycles. The molecule has 0 saturated carbocycles. The summed E-state index contributed by atoms with van der Waals surface area (Å²) in [6.45, 7) is 15.2. The van der Waals surface area contributed by atoms with Crippen LogP contribution in [0.1, 0.15) is 82.4 Å². The standard InChI is InChI=1S/C28H36FN3O4/c1-9-35-22-14-20-23(24(29)25(22)36-10-2)26(30)32(28(20,7)8)15-21(34)17-11-18(27(4,5)6)13-19(12-17)31-16(3)33/h11-14,30H,9-10,15H2,1-8H3,(H,31,33). The van der Waals surface area contributed by atoms with Crippen molar-refractivity contribution in [2.45, 2.75) is 66.3 Å². The third-order valence-electron chi connectivity index (χ3n) is 6.36. The van der Waals surface area contributed by atoms with Gasteiger partial charge in [-0.05, 0) is 68.5 Å². The Labute approximate surface area is 212 Å². The molecule has 1 heterocycles. The van der Waals surface area contributed by atoms with Crippen molar-refractivity contribution in [3.05, 3.63) is 52.3 Å². The summed E-state index contributed by atoms with van der Waals surface area (Å²) in [7, 11) is 0. The van der Waals surface area contributed by atoms with Crippen LogP contribution in [0.3, 0.4) is 0 Å². The first-order valence-electron chi connectivity index (χ1n) is 12.2. The van der Waals surface area contributed by atoms with Crippen molar-refractivity contribution in [1.82, 2.24) is 4.90 Å². The van der Waals surface area contributed by atoms with Crippen molar-refractivity contribution < 1.29 is 23.5 Å². The molecular formula is C28H36FN3O4. The molecule has 0 saturated heterocycles. The van der Waals surface area contributed by atoms with E-state index in [9.17, 15) is 9.59 Å². The summed E-state index contributed by atoms with van der Waals surface area (Å²) < 4.78 is 26.8. The van der Waals surface area contributed by atoms with E-state index < -0.39 is 11.4 Å². The van der Waals surface area contributed by atoms with Gasteiger partial charge in [-0.3, -0.25) is 15.0 Å². The molecule has 1 aliphatic heterocycles. The van der Waals surface area contributed by atoms with Gasteiger partial charge in [0, 0.05) is 18.2 Å². The van der Waals surface area contributed by atoms with Crippen LogP contribution in [0.5, 0.6) is 11.5 Å². The third-order valence-corrected chi connectivity index (χ3v) is 6.36. The second-order valence-corrected chi connectivity index (χ2v) is 10.5. The van der Waals surface area contributed by atoms with Crippen molar-refractivity contribution in [1.29, 1.82) is 5.41 Å². The number of fused-ring (bicyclic) bond motifs is 1. The van der Waals surface area contributed by atoms with Crippen LogP contribution in [0.15, 0.2) is 24.3 Å². The van der Waals surface area contributed by atoms with E-state index in [1.165, 1.54) is 6.92 Å². The number of amidine groups is 1. The molecule has 0 unspecified atom stereocenters. The lowest BCUT2D eigenvalue weighted by molar-refractivity contribution is -0.114. The molecule has 0 atom stereocenters. The zero-order chi connectivity index (χ0) is 27.0. The number of hydrogen-bond donors (Lipinski definition) is 2. The Hall–Kier alpha value is -3.42. The van der Waals surface area contributed by atoms with E-state index in [2.05, 4.69) is 5.32 Å². The molecule has 0 aliphatic carbocycles. The number of Topliss-reactive ketones (excluding diaryl/α,β-unsaturated/α-hetero) is 1. The molecule has 0 radical (unpaired) electrons. The normalized spacial score (nSPS) is 14.5. The van der Waals surface area contributed by atoms with Gasteiger partial charge in [-0.15, -0.1) is 0 Å². The Bertz CT molecular complexity index is 1210. The number of ketones is 1. The van der Waals surface area contributed by atoms with E-state index in [0.717, 1.165) is 5.56 Å². The van der Waals surface area contributed by atoms with E-state index in [-0.39, 0.29) is 53.2 Å². The summed E-state index contributed by atoms with van der Waals surface area (Å²) in [6, 6.07) is 7.02. The fraction of sp³-hybridized carbons (Fsp3) is 0.464. The summed E-state index contributed by atoms with van der Waals surface area (Å²) in [5, 5.41) is 11.6. The molecule has 36 heavy (non-hydrogen) atoms. The van der Waals surface area contributed by atoms with Crippen molar-refractivity contribution in [2.24, 2.45) is 0 Å². The summed E-state index contributed by atoms with van der Waals surface area (Å²) in [6.07, 6.45) is 0. The van der Waals surface area contributed by atoms with Gasteiger partial charge in [0.2, 0.25) is 5.91 Å². The van der Waals surface area contributed by atoms with Gasteiger partial charge in [0.15, 0.2) is 23.1 Å². The van der Waals surface area contributed by atoms with E-state index in [1.54, 1.807) is 30.9 Å². The largest absolute Gasteiger partial charge is 0.490 e. The second kappa shape index (κ2) is 9.91. The predicted molar refractivity (Wildman–Crippen MR) is 139 cm³/mol. The van der Waals surface area contributed by atoms with Gasteiger partial charge in [0.1, 0.15) is 5.84 Å². The van der Waals surface area contributed by atoms with Crippen molar-refractivity contribution in [3.63, 3.8) is 0 Å². The van der Waals surface area contributed by atoms with Gasteiger partial charge in [0.25, 0.3) is 0 Å². The molecule has 1 aliphatic rings. The Morgan fingerprint density at radius 1 is 1.08 bits per heavy atom. The van der Waals surface area contributed by atoms with Gasteiger partial charge in [-0.2, -0.15) is 0 Å². The van der Waals surface area contributed by atoms with Crippen LogP contribution in [0.2, 0.25) is 0 Å².